The Hall–Kier alpha value is -1.46. The number of nitrogens with two attached hydrogens (primary N) is 1. The molecule has 126 valence electrons. The van der Waals surface area contributed by atoms with Gasteiger partial charge in [0.1, 0.15) is 28.9 Å². The first-order valence-electron chi connectivity index (χ1n) is 7.21. The molecule has 0 radical (unpaired) electrons. The standard InChI is InChI=1S/C13H19N5O4S/c1-5(2)23-11-7-10(16-13(14)17-11)18(4-15-7)12-9(21)8(20)6(3-19)22-12/h4-6,8-9,12,19-21H,3H2,1-2H3,(H2,14,16,17)/t6-,8+,9-,12+/m0/s1. The quantitative estimate of drug-likeness (QED) is 0.429. The number of ether oxygens (including phenoxy) is 1. The van der Waals surface area contributed by atoms with Crippen LogP contribution in [0.25, 0.3) is 11.2 Å². The van der Waals surface area contributed by atoms with Crippen molar-refractivity contribution < 1.29 is 20.1 Å². The fourth-order valence-electron chi connectivity index (χ4n) is 2.51. The molecule has 0 saturated carbocycles. The number of anilines is 1. The Labute approximate surface area is 136 Å². The molecule has 3 rings (SSSR count). The summed E-state index contributed by atoms with van der Waals surface area (Å²) in [4.78, 5) is 12.7. The van der Waals surface area contributed by atoms with E-state index in [1.165, 1.54) is 22.7 Å². The number of hydrogen-bond donors (Lipinski definition) is 4. The Balaban J connectivity index is 2.04. The van der Waals surface area contributed by atoms with Crippen LogP contribution in [0, 0.1) is 0 Å². The summed E-state index contributed by atoms with van der Waals surface area (Å²) in [5.74, 6) is 0.0918. The van der Waals surface area contributed by atoms with Gasteiger partial charge in [-0.25, -0.2) is 9.97 Å². The lowest BCUT2D eigenvalue weighted by atomic mass is 10.1. The summed E-state index contributed by atoms with van der Waals surface area (Å²) in [6, 6.07) is 0. The van der Waals surface area contributed by atoms with Crippen molar-refractivity contribution in [2.75, 3.05) is 12.3 Å². The van der Waals surface area contributed by atoms with Crippen LogP contribution in [0.4, 0.5) is 5.95 Å². The normalized spacial score (nSPS) is 28.1. The lowest BCUT2D eigenvalue weighted by Gasteiger charge is -2.16. The van der Waals surface area contributed by atoms with Crippen molar-refractivity contribution in [2.24, 2.45) is 0 Å². The summed E-state index contributed by atoms with van der Waals surface area (Å²) in [7, 11) is 0. The van der Waals surface area contributed by atoms with E-state index in [0.29, 0.717) is 16.2 Å². The third-order valence-corrected chi connectivity index (χ3v) is 4.52. The third kappa shape index (κ3) is 2.88. The molecule has 0 aromatic carbocycles. The van der Waals surface area contributed by atoms with Crippen molar-refractivity contribution in [1.29, 1.82) is 0 Å². The first-order chi connectivity index (χ1) is 10.9. The van der Waals surface area contributed by atoms with Crippen LogP contribution >= 0.6 is 11.8 Å². The topological polar surface area (TPSA) is 140 Å². The fourth-order valence-corrected chi connectivity index (χ4v) is 3.36. The van der Waals surface area contributed by atoms with E-state index in [-0.39, 0.29) is 11.2 Å². The zero-order valence-corrected chi connectivity index (χ0v) is 13.5. The number of aliphatic hydroxyl groups is 3. The number of imidazole rings is 1. The summed E-state index contributed by atoms with van der Waals surface area (Å²) in [6.07, 6.45) is -2.70. The fraction of sp³-hybridized carbons (Fsp3) is 0.615. The summed E-state index contributed by atoms with van der Waals surface area (Å²) in [5, 5.41) is 30.2. The minimum atomic E-state index is -1.21. The van der Waals surface area contributed by atoms with Crippen molar-refractivity contribution in [3.05, 3.63) is 6.33 Å². The molecule has 0 unspecified atom stereocenters. The SMILES string of the molecule is CC(C)Sc1nc(N)nc2c1ncn2[C@@H]1O[C@@H](CO)[C@@H](O)[C@@H]1O. The van der Waals surface area contributed by atoms with Crippen molar-refractivity contribution >= 4 is 28.9 Å². The Bertz CT molecular complexity index is 709. The second kappa shape index (κ2) is 6.21. The zero-order valence-electron chi connectivity index (χ0n) is 12.7. The molecule has 10 heteroatoms. The molecular weight excluding hydrogens is 322 g/mol. The monoisotopic (exact) mass is 341 g/mol. The lowest BCUT2D eigenvalue weighted by Crippen LogP contribution is -2.33. The first kappa shape index (κ1) is 16.4. The third-order valence-electron chi connectivity index (χ3n) is 3.55. The number of hydrogen-bond acceptors (Lipinski definition) is 9. The molecule has 23 heavy (non-hydrogen) atoms. The van der Waals surface area contributed by atoms with Crippen molar-refractivity contribution in [2.45, 2.75) is 48.7 Å². The number of rotatable bonds is 4. The zero-order chi connectivity index (χ0) is 16.7. The van der Waals surface area contributed by atoms with Crippen molar-refractivity contribution in [3.8, 4) is 0 Å². The summed E-state index contributed by atoms with van der Waals surface area (Å²) in [5.41, 5.74) is 6.74. The Morgan fingerprint density at radius 2 is 2.09 bits per heavy atom. The molecule has 4 atom stereocenters. The maximum Gasteiger partial charge on any atom is 0.223 e. The van der Waals surface area contributed by atoms with Crippen LogP contribution in [0.2, 0.25) is 0 Å². The average Bonchev–Trinajstić information content (AvgIpc) is 3.01. The van der Waals surface area contributed by atoms with Gasteiger partial charge in [-0.1, -0.05) is 13.8 Å². The largest absolute Gasteiger partial charge is 0.394 e. The van der Waals surface area contributed by atoms with Gasteiger partial charge in [0, 0.05) is 5.25 Å². The molecule has 1 saturated heterocycles. The highest BCUT2D eigenvalue weighted by Crippen LogP contribution is 2.34. The van der Waals surface area contributed by atoms with Crippen LogP contribution in [0.15, 0.2) is 11.4 Å². The Morgan fingerprint density at radius 1 is 1.35 bits per heavy atom. The second-order valence-electron chi connectivity index (χ2n) is 5.61. The molecule has 0 spiro atoms. The van der Waals surface area contributed by atoms with Gasteiger partial charge in [0.25, 0.3) is 0 Å². The van der Waals surface area contributed by atoms with E-state index in [1.807, 2.05) is 13.8 Å². The molecule has 0 amide bonds. The maximum absolute atomic E-state index is 10.2. The van der Waals surface area contributed by atoms with Gasteiger partial charge in [-0.2, -0.15) is 4.98 Å². The predicted molar refractivity (Wildman–Crippen MR) is 83.7 cm³/mol. The molecule has 1 aliphatic heterocycles. The number of thioether (sulfide) groups is 1. The molecule has 2 aromatic heterocycles. The number of nitrogens with zero attached hydrogens (tertiary/aromatic N) is 4. The summed E-state index contributed by atoms with van der Waals surface area (Å²) < 4.78 is 7.01. The molecule has 3 heterocycles. The lowest BCUT2D eigenvalue weighted by molar-refractivity contribution is -0.0511. The summed E-state index contributed by atoms with van der Waals surface area (Å²) >= 11 is 1.50. The van der Waals surface area contributed by atoms with Crippen LogP contribution in [0.1, 0.15) is 20.1 Å². The molecule has 0 bridgehead atoms. The smallest absolute Gasteiger partial charge is 0.223 e. The van der Waals surface area contributed by atoms with Crippen LogP contribution in [0.3, 0.4) is 0 Å². The van der Waals surface area contributed by atoms with E-state index in [4.69, 9.17) is 10.5 Å². The molecule has 9 nitrogen and oxygen atoms in total. The Morgan fingerprint density at radius 3 is 2.70 bits per heavy atom. The van der Waals surface area contributed by atoms with Gasteiger partial charge in [0.15, 0.2) is 11.9 Å². The van der Waals surface area contributed by atoms with Crippen LogP contribution in [-0.4, -0.2) is 65.0 Å². The number of nitrogen functional groups attached to an aromatic ring is 1. The maximum atomic E-state index is 10.2. The van der Waals surface area contributed by atoms with Crippen LogP contribution < -0.4 is 5.73 Å². The van der Waals surface area contributed by atoms with E-state index >= 15 is 0 Å². The number of fused-ring (bicyclic) bond motifs is 1. The van der Waals surface area contributed by atoms with Crippen molar-refractivity contribution in [1.82, 2.24) is 19.5 Å². The van der Waals surface area contributed by atoms with E-state index in [9.17, 15) is 15.3 Å². The highest BCUT2D eigenvalue weighted by atomic mass is 32.2. The molecule has 1 aliphatic rings. The van der Waals surface area contributed by atoms with Gasteiger partial charge in [-0.3, -0.25) is 4.57 Å². The summed E-state index contributed by atoms with van der Waals surface area (Å²) in [6.45, 7) is 3.66. The van der Waals surface area contributed by atoms with Gasteiger partial charge in [0.2, 0.25) is 5.95 Å². The van der Waals surface area contributed by atoms with E-state index in [1.54, 1.807) is 0 Å². The van der Waals surface area contributed by atoms with Gasteiger partial charge in [-0.15, -0.1) is 11.8 Å². The predicted octanol–water partition coefficient (Wildman–Crippen LogP) is -0.480. The van der Waals surface area contributed by atoms with E-state index in [0.717, 1.165) is 0 Å². The van der Waals surface area contributed by atoms with Gasteiger partial charge in [0.05, 0.1) is 12.9 Å². The highest BCUT2D eigenvalue weighted by molar-refractivity contribution is 8.00. The average molecular weight is 341 g/mol. The van der Waals surface area contributed by atoms with E-state index < -0.39 is 31.1 Å². The van der Waals surface area contributed by atoms with Crippen molar-refractivity contribution in [3.63, 3.8) is 0 Å². The Kier molecular flexibility index (Phi) is 4.43. The van der Waals surface area contributed by atoms with E-state index in [2.05, 4.69) is 15.0 Å². The van der Waals surface area contributed by atoms with Gasteiger partial charge < -0.3 is 25.8 Å². The molecule has 1 fully saturated rings. The highest BCUT2D eigenvalue weighted by Gasteiger charge is 2.44. The molecule has 2 aromatic rings. The number of aromatic nitrogens is 4. The minimum Gasteiger partial charge on any atom is -0.394 e. The number of aliphatic hydroxyl groups excluding tert-OH is 3. The minimum absolute atomic E-state index is 0.0918. The molecular formula is C13H19N5O4S. The second-order valence-corrected chi connectivity index (χ2v) is 7.17. The first-order valence-corrected chi connectivity index (χ1v) is 8.09. The van der Waals surface area contributed by atoms with Crippen LogP contribution in [0.5, 0.6) is 0 Å². The molecule has 0 aliphatic carbocycles. The van der Waals surface area contributed by atoms with Gasteiger partial charge in [-0.05, 0) is 0 Å². The van der Waals surface area contributed by atoms with Gasteiger partial charge >= 0.3 is 0 Å². The van der Waals surface area contributed by atoms with Crippen LogP contribution in [-0.2, 0) is 4.74 Å². The molecule has 5 N–H and O–H groups in total.